The average Bonchev–Trinajstić information content (AvgIpc) is 2.30. The van der Waals surface area contributed by atoms with Crippen molar-refractivity contribution in [3.63, 3.8) is 0 Å². The molecule has 0 aliphatic carbocycles. The lowest BCUT2D eigenvalue weighted by molar-refractivity contribution is 0.820. The van der Waals surface area contributed by atoms with E-state index in [2.05, 4.69) is 50.3 Å². The molecule has 1 aromatic carbocycles. The van der Waals surface area contributed by atoms with E-state index in [-0.39, 0.29) is 0 Å². The Labute approximate surface area is 94.0 Å². The highest BCUT2D eigenvalue weighted by molar-refractivity contribution is 5.65. The Balaban J connectivity index is 2.72. The van der Waals surface area contributed by atoms with Crippen LogP contribution in [0.4, 0.5) is 0 Å². The Morgan fingerprint density at radius 1 is 1.07 bits per heavy atom. The number of unbranched alkanes of at least 4 members (excludes halogenated alkanes) is 2. The molecule has 0 saturated carbocycles. The van der Waals surface area contributed by atoms with Gasteiger partial charge in [0.15, 0.2) is 0 Å². The fraction of sp³-hybridized carbons (Fsp3) is 0.467. The predicted octanol–water partition coefficient (Wildman–Crippen LogP) is 5.06. The third-order valence-corrected chi connectivity index (χ3v) is 2.62. The molecule has 0 atom stereocenters. The fourth-order valence-electron chi connectivity index (χ4n) is 1.70. The van der Waals surface area contributed by atoms with Crippen molar-refractivity contribution in [3.8, 4) is 0 Å². The fourth-order valence-corrected chi connectivity index (χ4v) is 1.70. The Morgan fingerprint density at radius 2 is 1.80 bits per heavy atom. The summed E-state index contributed by atoms with van der Waals surface area (Å²) in [5, 5.41) is 0. The molecule has 1 rings (SSSR count). The maximum Gasteiger partial charge on any atom is -0.0228 e. The van der Waals surface area contributed by atoms with Crippen LogP contribution in [0.3, 0.4) is 0 Å². The lowest BCUT2D eigenvalue weighted by Gasteiger charge is -2.07. The van der Waals surface area contributed by atoms with E-state index in [0.29, 0.717) is 0 Å². The van der Waals surface area contributed by atoms with Gasteiger partial charge in [0.1, 0.15) is 0 Å². The minimum Gasteiger partial charge on any atom is -0.0807 e. The molecule has 0 heteroatoms. The molecule has 0 saturated heterocycles. The van der Waals surface area contributed by atoms with E-state index in [1.807, 2.05) is 0 Å². The van der Waals surface area contributed by atoms with Crippen molar-refractivity contribution >= 4 is 5.57 Å². The minimum atomic E-state index is 1.20. The molecule has 0 aliphatic rings. The van der Waals surface area contributed by atoms with E-state index in [1.165, 1.54) is 43.2 Å². The zero-order chi connectivity index (χ0) is 10.9. The van der Waals surface area contributed by atoms with Crippen molar-refractivity contribution in [1.82, 2.24) is 0 Å². The summed E-state index contributed by atoms with van der Waals surface area (Å²) in [6, 6.07) is 10.8. The van der Waals surface area contributed by atoms with Gasteiger partial charge in [-0.25, -0.2) is 0 Å². The summed E-state index contributed by atoms with van der Waals surface area (Å²) in [6.07, 6.45) is 8.64. The van der Waals surface area contributed by atoms with Crippen molar-refractivity contribution in [2.75, 3.05) is 0 Å². The molecular weight excluding hydrogens is 180 g/mol. The smallest absolute Gasteiger partial charge is 0.0228 e. The summed E-state index contributed by atoms with van der Waals surface area (Å²) in [7, 11) is 0. The molecule has 0 fully saturated rings. The second kappa shape index (κ2) is 7.28. The number of allylic oxidation sites excluding steroid dienone is 2. The zero-order valence-electron chi connectivity index (χ0n) is 10.00. The number of benzene rings is 1. The van der Waals surface area contributed by atoms with Gasteiger partial charge in [0.2, 0.25) is 0 Å². The highest BCUT2D eigenvalue weighted by Gasteiger charge is 1.99. The molecule has 0 heterocycles. The standard InChI is InChI=1S/C15H22/c1-3-5-10-14(11-6-4-2)15-12-8-7-9-13-15/h7-10,12-13H,3-6,11H2,1-2H3. The summed E-state index contributed by atoms with van der Waals surface area (Å²) in [4.78, 5) is 0. The van der Waals surface area contributed by atoms with Gasteiger partial charge in [0.25, 0.3) is 0 Å². The molecule has 0 N–H and O–H groups in total. The van der Waals surface area contributed by atoms with Crippen LogP contribution in [-0.4, -0.2) is 0 Å². The lowest BCUT2D eigenvalue weighted by Crippen LogP contribution is -1.85. The summed E-state index contributed by atoms with van der Waals surface area (Å²) in [5.74, 6) is 0. The first-order chi connectivity index (χ1) is 7.38. The van der Waals surface area contributed by atoms with E-state index in [4.69, 9.17) is 0 Å². The van der Waals surface area contributed by atoms with Crippen LogP contribution in [0.5, 0.6) is 0 Å². The van der Waals surface area contributed by atoms with E-state index >= 15 is 0 Å². The first kappa shape index (κ1) is 12.0. The van der Waals surface area contributed by atoms with Crippen LogP contribution < -0.4 is 0 Å². The highest BCUT2D eigenvalue weighted by atomic mass is 14.0. The van der Waals surface area contributed by atoms with Crippen LogP contribution in [0.2, 0.25) is 0 Å². The van der Waals surface area contributed by atoms with Crippen LogP contribution in [0.1, 0.15) is 51.5 Å². The van der Waals surface area contributed by atoms with Gasteiger partial charge in [-0.1, -0.05) is 63.1 Å². The van der Waals surface area contributed by atoms with Crippen molar-refractivity contribution in [1.29, 1.82) is 0 Å². The molecular formula is C15H22. The van der Waals surface area contributed by atoms with Crippen LogP contribution >= 0.6 is 0 Å². The predicted molar refractivity (Wildman–Crippen MR) is 68.9 cm³/mol. The normalized spacial score (nSPS) is 11.7. The molecule has 0 spiro atoms. The minimum absolute atomic E-state index is 1.20. The van der Waals surface area contributed by atoms with Crippen LogP contribution in [0.15, 0.2) is 36.4 Å². The quantitative estimate of drug-likeness (QED) is 0.605. The van der Waals surface area contributed by atoms with E-state index in [9.17, 15) is 0 Å². The number of hydrogen-bond donors (Lipinski definition) is 0. The van der Waals surface area contributed by atoms with Gasteiger partial charge in [-0.2, -0.15) is 0 Å². The van der Waals surface area contributed by atoms with Gasteiger partial charge in [-0.15, -0.1) is 0 Å². The summed E-state index contributed by atoms with van der Waals surface area (Å²) in [5.41, 5.74) is 2.93. The van der Waals surface area contributed by atoms with Gasteiger partial charge in [0.05, 0.1) is 0 Å². The van der Waals surface area contributed by atoms with Crippen molar-refractivity contribution in [2.45, 2.75) is 46.0 Å². The van der Waals surface area contributed by atoms with Crippen LogP contribution in [0, 0.1) is 0 Å². The van der Waals surface area contributed by atoms with Crippen molar-refractivity contribution < 1.29 is 0 Å². The van der Waals surface area contributed by atoms with E-state index in [0.717, 1.165) is 0 Å². The highest BCUT2D eigenvalue weighted by Crippen LogP contribution is 2.21. The molecule has 15 heavy (non-hydrogen) atoms. The molecule has 0 amide bonds. The molecule has 82 valence electrons. The largest absolute Gasteiger partial charge is 0.0807 e. The van der Waals surface area contributed by atoms with Gasteiger partial charge < -0.3 is 0 Å². The van der Waals surface area contributed by atoms with Crippen molar-refractivity contribution in [3.05, 3.63) is 42.0 Å². The second-order valence-corrected chi connectivity index (χ2v) is 3.99. The monoisotopic (exact) mass is 202 g/mol. The van der Waals surface area contributed by atoms with Crippen LogP contribution in [-0.2, 0) is 0 Å². The Hall–Kier alpha value is -1.04. The molecule has 0 radical (unpaired) electrons. The van der Waals surface area contributed by atoms with Crippen LogP contribution in [0.25, 0.3) is 5.57 Å². The zero-order valence-corrected chi connectivity index (χ0v) is 10.00. The van der Waals surface area contributed by atoms with Gasteiger partial charge in [-0.05, 0) is 30.4 Å². The molecule has 0 unspecified atom stereocenters. The topological polar surface area (TPSA) is 0 Å². The first-order valence-corrected chi connectivity index (χ1v) is 6.13. The van der Waals surface area contributed by atoms with Crippen molar-refractivity contribution in [2.24, 2.45) is 0 Å². The van der Waals surface area contributed by atoms with Gasteiger partial charge >= 0.3 is 0 Å². The Morgan fingerprint density at radius 3 is 2.40 bits per heavy atom. The van der Waals surface area contributed by atoms with Gasteiger partial charge in [0, 0.05) is 0 Å². The second-order valence-electron chi connectivity index (χ2n) is 3.99. The Bertz CT molecular complexity index is 282. The maximum atomic E-state index is 2.41. The molecule has 0 bridgehead atoms. The molecule has 0 aromatic heterocycles. The van der Waals surface area contributed by atoms with Gasteiger partial charge in [-0.3, -0.25) is 0 Å². The summed E-state index contributed by atoms with van der Waals surface area (Å²) < 4.78 is 0. The number of rotatable bonds is 6. The summed E-state index contributed by atoms with van der Waals surface area (Å²) >= 11 is 0. The third kappa shape index (κ3) is 4.33. The molecule has 0 aliphatic heterocycles. The van der Waals surface area contributed by atoms with E-state index < -0.39 is 0 Å². The maximum absolute atomic E-state index is 2.41. The molecule has 0 nitrogen and oxygen atoms in total. The Kier molecular flexibility index (Phi) is 5.84. The SMILES string of the molecule is CCCC=C(CCCC)c1ccccc1. The third-order valence-electron chi connectivity index (χ3n) is 2.62. The summed E-state index contributed by atoms with van der Waals surface area (Å²) in [6.45, 7) is 4.49. The average molecular weight is 202 g/mol. The van der Waals surface area contributed by atoms with E-state index in [1.54, 1.807) is 0 Å². The molecule has 1 aromatic rings. The number of hydrogen-bond acceptors (Lipinski definition) is 0. The first-order valence-electron chi connectivity index (χ1n) is 6.13. The lowest BCUT2D eigenvalue weighted by atomic mass is 9.99.